The number of rotatable bonds is 4. The van der Waals surface area contributed by atoms with Crippen LogP contribution in [0.2, 0.25) is 15.1 Å². The van der Waals surface area contributed by atoms with Crippen molar-refractivity contribution in [3.8, 4) is 0 Å². The molecule has 0 spiro atoms. The van der Waals surface area contributed by atoms with Gasteiger partial charge in [0.15, 0.2) is 0 Å². The summed E-state index contributed by atoms with van der Waals surface area (Å²) in [6.07, 6.45) is 0. The van der Waals surface area contributed by atoms with E-state index >= 15 is 0 Å². The molecule has 5 heteroatoms. The van der Waals surface area contributed by atoms with Crippen LogP contribution in [0, 0.1) is 12.7 Å². The van der Waals surface area contributed by atoms with Crippen LogP contribution in [-0.4, -0.2) is 6.54 Å². The molecule has 0 saturated heterocycles. The average Bonchev–Trinajstić information content (AvgIpc) is 2.44. The molecule has 0 saturated carbocycles. The van der Waals surface area contributed by atoms with Gasteiger partial charge in [-0.25, -0.2) is 4.39 Å². The Morgan fingerprint density at radius 1 is 1.10 bits per heavy atom. The average molecular weight is 347 g/mol. The van der Waals surface area contributed by atoms with E-state index in [0.717, 1.165) is 11.1 Å². The van der Waals surface area contributed by atoms with Gasteiger partial charge in [-0.2, -0.15) is 0 Å². The third kappa shape index (κ3) is 3.51. The number of benzene rings is 2. The first-order valence-corrected chi connectivity index (χ1v) is 7.72. The molecule has 0 amide bonds. The molecule has 1 nitrogen and oxygen atoms in total. The molecular formula is C16H15Cl3FN. The predicted molar refractivity (Wildman–Crippen MR) is 88.1 cm³/mol. The molecule has 2 aromatic rings. The van der Waals surface area contributed by atoms with Crippen molar-refractivity contribution >= 4 is 34.8 Å². The standard InChI is InChI=1S/C16H15Cl3FN/c1-3-21-16(10-5-4-6-12(17)15(10)19)11-7-9(2)14(20)8-13(11)18/h4-8,16,21H,3H2,1-2H3. The molecule has 1 unspecified atom stereocenters. The molecule has 1 atom stereocenters. The summed E-state index contributed by atoms with van der Waals surface area (Å²) < 4.78 is 13.6. The molecule has 112 valence electrons. The highest BCUT2D eigenvalue weighted by Gasteiger charge is 2.21. The van der Waals surface area contributed by atoms with Gasteiger partial charge < -0.3 is 5.32 Å². The lowest BCUT2D eigenvalue weighted by Gasteiger charge is -2.22. The zero-order chi connectivity index (χ0) is 15.6. The van der Waals surface area contributed by atoms with Crippen LogP contribution in [0.5, 0.6) is 0 Å². The Bertz CT molecular complexity index is 658. The first-order chi connectivity index (χ1) is 9.95. The Kier molecular flexibility index (Phi) is 5.50. The number of aryl methyl sites for hydroxylation is 1. The van der Waals surface area contributed by atoms with Gasteiger partial charge in [-0.1, -0.05) is 53.9 Å². The van der Waals surface area contributed by atoms with Crippen LogP contribution in [0.1, 0.15) is 29.7 Å². The van der Waals surface area contributed by atoms with Crippen molar-refractivity contribution in [1.29, 1.82) is 0 Å². The van der Waals surface area contributed by atoms with Crippen LogP contribution in [0.3, 0.4) is 0 Å². The summed E-state index contributed by atoms with van der Waals surface area (Å²) >= 11 is 18.6. The predicted octanol–water partition coefficient (Wildman–Crippen LogP) is 5.79. The SMILES string of the molecule is CCNC(c1cc(C)c(F)cc1Cl)c1cccc(Cl)c1Cl. The Morgan fingerprint density at radius 3 is 2.48 bits per heavy atom. The van der Waals surface area contributed by atoms with Gasteiger partial charge >= 0.3 is 0 Å². The molecule has 21 heavy (non-hydrogen) atoms. The fraction of sp³-hybridized carbons (Fsp3) is 0.250. The maximum Gasteiger partial charge on any atom is 0.127 e. The van der Waals surface area contributed by atoms with Gasteiger partial charge in [0.1, 0.15) is 5.82 Å². The minimum atomic E-state index is -0.323. The van der Waals surface area contributed by atoms with Crippen molar-refractivity contribution in [1.82, 2.24) is 5.32 Å². The molecule has 0 bridgehead atoms. The quantitative estimate of drug-likeness (QED) is 0.738. The fourth-order valence-electron chi connectivity index (χ4n) is 2.24. The Morgan fingerprint density at radius 2 is 1.81 bits per heavy atom. The molecule has 2 rings (SSSR count). The van der Waals surface area contributed by atoms with Crippen LogP contribution in [0.25, 0.3) is 0 Å². The second kappa shape index (κ2) is 6.97. The van der Waals surface area contributed by atoms with Crippen LogP contribution in [-0.2, 0) is 0 Å². The van der Waals surface area contributed by atoms with Crippen molar-refractivity contribution in [3.05, 3.63) is 67.9 Å². The van der Waals surface area contributed by atoms with E-state index in [1.54, 1.807) is 19.1 Å². The van der Waals surface area contributed by atoms with Crippen LogP contribution in [0.4, 0.5) is 4.39 Å². The molecule has 0 aliphatic rings. The number of hydrogen-bond acceptors (Lipinski definition) is 1. The normalized spacial score (nSPS) is 12.5. The number of halogens is 4. The molecule has 2 aromatic carbocycles. The van der Waals surface area contributed by atoms with Gasteiger partial charge in [-0.3, -0.25) is 0 Å². The van der Waals surface area contributed by atoms with E-state index in [1.807, 2.05) is 19.1 Å². The van der Waals surface area contributed by atoms with Crippen molar-refractivity contribution in [2.45, 2.75) is 19.9 Å². The minimum Gasteiger partial charge on any atom is -0.306 e. The van der Waals surface area contributed by atoms with Crippen molar-refractivity contribution in [3.63, 3.8) is 0 Å². The summed E-state index contributed by atoms with van der Waals surface area (Å²) in [5, 5.41) is 4.64. The maximum atomic E-state index is 13.6. The first-order valence-electron chi connectivity index (χ1n) is 6.58. The molecule has 0 aromatic heterocycles. The van der Waals surface area contributed by atoms with E-state index in [1.165, 1.54) is 6.07 Å². The largest absolute Gasteiger partial charge is 0.306 e. The van der Waals surface area contributed by atoms with E-state index in [-0.39, 0.29) is 11.9 Å². The highest BCUT2D eigenvalue weighted by molar-refractivity contribution is 6.42. The summed E-state index contributed by atoms with van der Waals surface area (Å²) in [5.74, 6) is -0.323. The minimum absolute atomic E-state index is 0.243. The topological polar surface area (TPSA) is 12.0 Å². The van der Waals surface area contributed by atoms with Crippen molar-refractivity contribution < 1.29 is 4.39 Å². The molecule has 0 aliphatic carbocycles. The van der Waals surface area contributed by atoms with E-state index in [4.69, 9.17) is 34.8 Å². The summed E-state index contributed by atoms with van der Waals surface area (Å²) in [6, 6.07) is 8.27. The summed E-state index contributed by atoms with van der Waals surface area (Å²) in [5.41, 5.74) is 2.14. The molecule has 0 fully saturated rings. The van der Waals surface area contributed by atoms with E-state index in [0.29, 0.717) is 27.2 Å². The van der Waals surface area contributed by atoms with Gasteiger partial charge in [0.05, 0.1) is 16.1 Å². The number of nitrogens with one attached hydrogen (secondary N) is 1. The van der Waals surface area contributed by atoms with Crippen molar-refractivity contribution in [2.24, 2.45) is 0 Å². The molecular weight excluding hydrogens is 332 g/mol. The summed E-state index contributed by atoms with van der Waals surface area (Å²) in [4.78, 5) is 0. The monoisotopic (exact) mass is 345 g/mol. The lowest BCUT2D eigenvalue weighted by molar-refractivity contribution is 0.606. The zero-order valence-electron chi connectivity index (χ0n) is 11.7. The van der Waals surface area contributed by atoms with Crippen molar-refractivity contribution in [2.75, 3.05) is 6.54 Å². The second-order valence-electron chi connectivity index (χ2n) is 4.76. The Balaban J connectivity index is 2.59. The van der Waals surface area contributed by atoms with Gasteiger partial charge in [0, 0.05) is 5.02 Å². The molecule has 0 heterocycles. The van der Waals surface area contributed by atoms with Gasteiger partial charge in [-0.15, -0.1) is 0 Å². The molecule has 1 N–H and O–H groups in total. The maximum absolute atomic E-state index is 13.6. The van der Waals surface area contributed by atoms with Gasteiger partial charge in [-0.05, 0) is 48.4 Å². The van der Waals surface area contributed by atoms with E-state index in [9.17, 15) is 4.39 Å². The summed E-state index contributed by atoms with van der Waals surface area (Å²) in [7, 11) is 0. The van der Waals surface area contributed by atoms with Gasteiger partial charge in [0.2, 0.25) is 0 Å². The Labute approximate surface area is 139 Å². The Hall–Kier alpha value is -0.800. The highest BCUT2D eigenvalue weighted by atomic mass is 35.5. The zero-order valence-corrected chi connectivity index (χ0v) is 14.0. The van der Waals surface area contributed by atoms with E-state index in [2.05, 4.69) is 5.32 Å². The second-order valence-corrected chi connectivity index (χ2v) is 5.95. The fourth-order valence-corrected chi connectivity index (χ4v) is 2.91. The molecule has 0 aliphatic heterocycles. The van der Waals surface area contributed by atoms with Crippen LogP contribution < -0.4 is 5.32 Å². The smallest absolute Gasteiger partial charge is 0.127 e. The summed E-state index contributed by atoms with van der Waals surface area (Å²) in [6.45, 7) is 4.40. The van der Waals surface area contributed by atoms with Crippen LogP contribution in [0.15, 0.2) is 30.3 Å². The first kappa shape index (κ1) is 16.6. The number of hydrogen-bond donors (Lipinski definition) is 1. The lowest BCUT2D eigenvalue weighted by atomic mass is 9.97. The van der Waals surface area contributed by atoms with E-state index < -0.39 is 0 Å². The lowest BCUT2D eigenvalue weighted by Crippen LogP contribution is -2.23. The highest BCUT2D eigenvalue weighted by Crippen LogP contribution is 2.36. The third-order valence-corrected chi connectivity index (χ3v) is 4.45. The molecule has 0 radical (unpaired) electrons. The third-order valence-electron chi connectivity index (χ3n) is 3.29. The van der Waals surface area contributed by atoms with Gasteiger partial charge in [0.25, 0.3) is 0 Å². The van der Waals surface area contributed by atoms with Crippen LogP contribution >= 0.6 is 34.8 Å².